The number of hydrogen-bond donors (Lipinski definition) is 0. The normalized spacial score (nSPS) is 11.1. The average molecular weight is 193 g/mol. The van der Waals surface area contributed by atoms with Crippen molar-refractivity contribution in [3.8, 4) is 0 Å². The SMILES string of the molecule is CCCO/C=C(\Br)C=O. The van der Waals surface area contributed by atoms with Gasteiger partial charge in [-0.25, -0.2) is 0 Å². The van der Waals surface area contributed by atoms with Crippen molar-refractivity contribution in [2.75, 3.05) is 6.61 Å². The van der Waals surface area contributed by atoms with Gasteiger partial charge in [0.1, 0.15) is 6.26 Å². The number of rotatable bonds is 4. The average Bonchev–Trinajstić information content (AvgIpc) is 1.89. The van der Waals surface area contributed by atoms with Crippen LogP contribution >= 0.6 is 15.9 Å². The van der Waals surface area contributed by atoms with Gasteiger partial charge in [-0.3, -0.25) is 4.79 Å². The molecule has 0 atom stereocenters. The summed E-state index contributed by atoms with van der Waals surface area (Å²) < 4.78 is 5.34. The smallest absolute Gasteiger partial charge is 0.160 e. The molecular weight excluding hydrogens is 184 g/mol. The molecule has 0 unspecified atom stereocenters. The summed E-state index contributed by atoms with van der Waals surface area (Å²) in [6.45, 7) is 2.66. The lowest BCUT2D eigenvalue weighted by Crippen LogP contribution is -1.84. The first-order valence-electron chi connectivity index (χ1n) is 2.73. The fourth-order valence-corrected chi connectivity index (χ4v) is 0.416. The summed E-state index contributed by atoms with van der Waals surface area (Å²) in [6, 6.07) is 0. The quantitative estimate of drug-likeness (QED) is 0.294. The molecule has 0 fully saturated rings. The van der Waals surface area contributed by atoms with Crippen molar-refractivity contribution in [3.63, 3.8) is 0 Å². The zero-order valence-corrected chi connectivity index (χ0v) is 6.85. The minimum absolute atomic E-state index is 0.441. The van der Waals surface area contributed by atoms with E-state index in [1.165, 1.54) is 6.26 Å². The molecule has 0 saturated heterocycles. The zero-order valence-electron chi connectivity index (χ0n) is 5.26. The highest BCUT2D eigenvalue weighted by atomic mass is 79.9. The number of hydrogen-bond acceptors (Lipinski definition) is 2. The van der Waals surface area contributed by atoms with Crippen molar-refractivity contribution in [1.82, 2.24) is 0 Å². The molecule has 0 heterocycles. The van der Waals surface area contributed by atoms with Gasteiger partial charge in [-0.05, 0) is 22.4 Å². The van der Waals surface area contributed by atoms with Crippen LogP contribution in [0.25, 0.3) is 0 Å². The molecule has 0 aromatic heterocycles. The molecule has 0 amide bonds. The highest BCUT2D eigenvalue weighted by Gasteiger charge is 1.84. The molecule has 52 valence electrons. The molecule has 0 aliphatic rings. The second kappa shape index (κ2) is 5.82. The van der Waals surface area contributed by atoms with E-state index in [1.807, 2.05) is 6.92 Å². The van der Waals surface area contributed by atoms with E-state index in [-0.39, 0.29) is 0 Å². The molecule has 0 rings (SSSR count). The van der Waals surface area contributed by atoms with Crippen LogP contribution in [-0.2, 0) is 9.53 Å². The standard InChI is InChI=1S/C6H9BrO2/c1-2-3-9-5-6(7)4-8/h4-5H,2-3H2,1H3/b6-5-. The highest BCUT2D eigenvalue weighted by Crippen LogP contribution is 1.99. The first kappa shape index (κ1) is 8.69. The Morgan fingerprint density at radius 3 is 2.89 bits per heavy atom. The van der Waals surface area contributed by atoms with Crippen LogP contribution in [0.3, 0.4) is 0 Å². The number of carbonyl (C=O) groups excluding carboxylic acids is 1. The Hall–Kier alpha value is -0.310. The Morgan fingerprint density at radius 2 is 2.44 bits per heavy atom. The van der Waals surface area contributed by atoms with Crippen molar-refractivity contribution in [1.29, 1.82) is 0 Å². The van der Waals surface area contributed by atoms with Gasteiger partial charge in [0.15, 0.2) is 6.29 Å². The summed E-state index contributed by atoms with van der Waals surface area (Å²) in [5.41, 5.74) is 0. The predicted octanol–water partition coefficient (Wildman–Crippen LogP) is 1.85. The minimum Gasteiger partial charge on any atom is -0.500 e. The lowest BCUT2D eigenvalue weighted by molar-refractivity contribution is -0.104. The van der Waals surface area contributed by atoms with E-state index in [2.05, 4.69) is 15.9 Å². The van der Waals surface area contributed by atoms with Gasteiger partial charge < -0.3 is 4.74 Å². The summed E-state index contributed by atoms with van der Waals surface area (Å²) in [6.07, 6.45) is 3.04. The van der Waals surface area contributed by atoms with Crippen molar-refractivity contribution in [2.45, 2.75) is 13.3 Å². The van der Waals surface area contributed by atoms with E-state index in [1.54, 1.807) is 0 Å². The first-order chi connectivity index (χ1) is 4.31. The molecular formula is C6H9BrO2. The van der Waals surface area contributed by atoms with Crippen LogP contribution in [0.1, 0.15) is 13.3 Å². The Morgan fingerprint density at radius 1 is 1.78 bits per heavy atom. The van der Waals surface area contributed by atoms with Gasteiger partial charge >= 0.3 is 0 Å². The number of allylic oxidation sites excluding steroid dienone is 1. The molecule has 0 aliphatic heterocycles. The second-order valence-electron chi connectivity index (χ2n) is 1.49. The van der Waals surface area contributed by atoms with E-state index in [4.69, 9.17) is 4.74 Å². The third-order valence-electron chi connectivity index (χ3n) is 0.630. The summed E-state index contributed by atoms with van der Waals surface area (Å²) >= 11 is 2.98. The summed E-state index contributed by atoms with van der Waals surface area (Å²) in [5, 5.41) is 0. The van der Waals surface area contributed by atoms with Gasteiger partial charge in [-0.15, -0.1) is 0 Å². The number of ether oxygens (including phenoxy) is 1. The topological polar surface area (TPSA) is 26.3 Å². The Balaban J connectivity index is 3.31. The van der Waals surface area contributed by atoms with Crippen molar-refractivity contribution >= 4 is 22.2 Å². The summed E-state index contributed by atoms with van der Waals surface area (Å²) in [5.74, 6) is 0. The van der Waals surface area contributed by atoms with Gasteiger partial charge in [0.05, 0.1) is 11.1 Å². The van der Waals surface area contributed by atoms with E-state index in [9.17, 15) is 4.79 Å². The second-order valence-corrected chi connectivity index (χ2v) is 2.41. The van der Waals surface area contributed by atoms with E-state index < -0.39 is 0 Å². The zero-order chi connectivity index (χ0) is 7.11. The third kappa shape index (κ3) is 5.56. The van der Waals surface area contributed by atoms with E-state index in [0.29, 0.717) is 17.4 Å². The fourth-order valence-electron chi connectivity index (χ4n) is 0.284. The molecule has 0 bridgehead atoms. The molecule has 0 aromatic carbocycles. The lowest BCUT2D eigenvalue weighted by atomic mass is 10.5. The maximum atomic E-state index is 9.90. The maximum Gasteiger partial charge on any atom is 0.160 e. The van der Waals surface area contributed by atoms with Gasteiger partial charge in [0.2, 0.25) is 0 Å². The fraction of sp³-hybridized carbons (Fsp3) is 0.500. The minimum atomic E-state index is 0.441. The summed E-state index contributed by atoms with van der Waals surface area (Å²) in [7, 11) is 0. The van der Waals surface area contributed by atoms with Crippen LogP contribution in [0.4, 0.5) is 0 Å². The molecule has 0 aliphatic carbocycles. The van der Waals surface area contributed by atoms with Gasteiger partial charge in [0.25, 0.3) is 0 Å². The van der Waals surface area contributed by atoms with Crippen LogP contribution < -0.4 is 0 Å². The molecule has 9 heavy (non-hydrogen) atoms. The molecule has 0 radical (unpaired) electrons. The molecule has 0 N–H and O–H groups in total. The van der Waals surface area contributed by atoms with Crippen LogP contribution in [0, 0.1) is 0 Å². The number of halogens is 1. The molecule has 0 aromatic rings. The first-order valence-corrected chi connectivity index (χ1v) is 3.53. The Labute approximate surface area is 63.0 Å². The van der Waals surface area contributed by atoms with Gasteiger partial charge in [0, 0.05) is 0 Å². The van der Waals surface area contributed by atoms with Gasteiger partial charge in [-0.2, -0.15) is 0 Å². The molecule has 0 saturated carbocycles. The third-order valence-corrected chi connectivity index (χ3v) is 1.00. The Bertz CT molecular complexity index is 110. The van der Waals surface area contributed by atoms with E-state index in [0.717, 1.165) is 6.42 Å². The highest BCUT2D eigenvalue weighted by molar-refractivity contribution is 9.12. The molecule has 2 nitrogen and oxygen atoms in total. The van der Waals surface area contributed by atoms with Crippen LogP contribution in [-0.4, -0.2) is 12.9 Å². The largest absolute Gasteiger partial charge is 0.500 e. The van der Waals surface area contributed by atoms with Crippen LogP contribution in [0.2, 0.25) is 0 Å². The lowest BCUT2D eigenvalue weighted by Gasteiger charge is -1.93. The van der Waals surface area contributed by atoms with Crippen molar-refractivity contribution in [2.24, 2.45) is 0 Å². The van der Waals surface area contributed by atoms with E-state index >= 15 is 0 Å². The molecule has 0 spiro atoms. The van der Waals surface area contributed by atoms with Crippen molar-refractivity contribution < 1.29 is 9.53 Å². The van der Waals surface area contributed by atoms with Crippen LogP contribution in [0.15, 0.2) is 10.7 Å². The summed E-state index contributed by atoms with van der Waals surface area (Å²) in [4.78, 5) is 9.90. The predicted molar refractivity (Wildman–Crippen MR) is 39.3 cm³/mol. The van der Waals surface area contributed by atoms with Gasteiger partial charge in [-0.1, -0.05) is 6.92 Å². The monoisotopic (exact) mass is 192 g/mol. The number of aldehydes is 1. The maximum absolute atomic E-state index is 9.90. The molecule has 3 heteroatoms. The van der Waals surface area contributed by atoms with Crippen molar-refractivity contribution in [3.05, 3.63) is 10.7 Å². The number of carbonyl (C=O) groups is 1. The van der Waals surface area contributed by atoms with Crippen LogP contribution in [0.5, 0.6) is 0 Å². The Kier molecular flexibility index (Phi) is 5.62.